The molecule has 1 atom stereocenters. The van der Waals surface area contributed by atoms with Gasteiger partial charge in [0.2, 0.25) is 0 Å². The average molecular weight is 287 g/mol. The van der Waals surface area contributed by atoms with E-state index in [1.165, 1.54) is 11.9 Å². The number of ether oxygens (including phenoxy) is 1. The first-order valence-corrected chi connectivity index (χ1v) is 6.16. The van der Waals surface area contributed by atoms with Gasteiger partial charge in [-0.15, -0.1) is 0 Å². The standard InChI is InChI=1S/C12H15F2N3O3/c1-16(7-8-6-15-4-5-20-8)12-10(17(18)19)3-2-9(13)11(12)14/h2-3,8,15H,4-7H2,1H3. The number of anilines is 1. The van der Waals surface area contributed by atoms with Crippen molar-refractivity contribution in [1.82, 2.24) is 5.32 Å². The molecule has 1 heterocycles. The van der Waals surface area contributed by atoms with E-state index in [1.807, 2.05) is 0 Å². The van der Waals surface area contributed by atoms with Gasteiger partial charge in [-0.2, -0.15) is 0 Å². The first-order chi connectivity index (χ1) is 9.50. The highest BCUT2D eigenvalue weighted by Crippen LogP contribution is 2.32. The topological polar surface area (TPSA) is 67.6 Å². The Morgan fingerprint density at radius 1 is 1.55 bits per heavy atom. The molecule has 8 heteroatoms. The smallest absolute Gasteiger partial charge is 0.295 e. The van der Waals surface area contributed by atoms with E-state index in [2.05, 4.69) is 5.32 Å². The molecular formula is C12H15F2N3O3. The number of likely N-dealkylation sites (N-methyl/N-ethyl adjacent to an activating group) is 1. The lowest BCUT2D eigenvalue weighted by molar-refractivity contribution is -0.384. The van der Waals surface area contributed by atoms with Gasteiger partial charge >= 0.3 is 0 Å². The van der Waals surface area contributed by atoms with Crippen LogP contribution in [0.3, 0.4) is 0 Å². The molecule has 0 bridgehead atoms. The third-order valence-electron chi connectivity index (χ3n) is 3.11. The second-order valence-electron chi connectivity index (χ2n) is 4.56. The van der Waals surface area contributed by atoms with E-state index in [1.54, 1.807) is 0 Å². The van der Waals surface area contributed by atoms with Crippen LogP contribution >= 0.6 is 0 Å². The van der Waals surface area contributed by atoms with Crippen molar-refractivity contribution in [2.45, 2.75) is 6.10 Å². The molecule has 1 N–H and O–H groups in total. The second-order valence-corrected chi connectivity index (χ2v) is 4.56. The van der Waals surface area contributed by atoms with Crippen molar-refractivity contribution >= 4 is 11.4 Å². The zero-order valence-electron chi connectivity index (χ0n) is 10.9. The van der Waals surface area contributed by atoms with Crippen LogP contribution < -0.4 is 10.2 Å². The highest BCUT2D eigenvalue weighted by atomic mass is 19.2. The van der Waals surface area contributed by atoms with Crippen LogP contribution in [-0.4, -0.2) is 44.3 Å². The number of rotatable bonds is 4. The lowest BCUT2D eigenvalue weighted by Crippen LogP contribution is -2.44. The van der Waals surface area contributed by atoms with Gasteiger partial charge in [-0.3, -0.25) is 10.1 Å². The van der Waals surface area contributed by atoms with Crippen LogP contribution in [0.1, 0.15) is 0 Å². The summed E-state index contributed by atoms with van der Waals surface area (Å²) in [6, 6.07) is 1.72. The number of nitrogens with one attached hydrogen (secondary N) is 1. The van der Waals surface area contributed by atoms with Gasteiger partial charge in [0.25, 0.3) is 5.69 Å². The molecule has 0 amide bonds. The summed E-state index contributed by atoms with van der Waals surface area (Å²) in [5.74, 6) is -2.33. The minimum Gasteiger partial charge on any atom is -0.374 e. The van der Waals surface area contributed by atoms with Crippen LogP contribution in [0.15, 0.2) is 12.1 Å². The lowest BCUT2D eigenvalue weighted by atomic mass is 10.2. The van der Waals surface area contributed by atoms with Crippen LogP contribution in [0.4, 0.5) is 20.2 Å². The predicted octanol–water partition coefficient (Wildman–Crippen LogP) is 1.30. The summed E-state index contributed by atoms with van der Waals surface area (Å²) in [5.41, 5.74) is -0.820. The number of halogens is 2. The van der Waals surface area contributed by atoms with E-state index in [0.29, 0.717) is 13.2 Å². The highest BCUT2D eigenvalue weighted by Gasteiger charge is 2.26. The fourth-order valence-electron chi connectivity index (χ4n) is 2.17. The summed E-state index contributed by atoms with van der Waals surface area (Å²) in [6.45, 7) is 2.05. The maximum Gasteiger partial charge on any atom is 0.295 e. The maximum atomic E-state index is 13.8. The summed E-state index contributed by atoms with van der Waals surface area (Å²) < 4.78 is 32.6. The molecule has 1 aliphatic heterocycles. The first-order valence-electron chi connectivity index (χ1n) is 6.16. The molecule has 1 saturated heterocycles. The Balaban J connectivity index is 2.25. The van der Waals surface area contributed by atoms with Gasteiger partial charge in [-0.1, -0.05) is 0 Å². The quantitative estimate of drug-likeness (QED) is 0.668. The maximum absolute atomic E-state index is 13.8. The Morgan fingerprint density at radius 3 is 2.90 bits per heavy atom. The summed E-state index contributed by atoms with van der Waals surface area (Å²) in [5, 5.41) is 14.0. The number of benzene rings is 1. The molecule has 1 unspecified atom stereocenters. The van der Waals surface area contributed by atoms with Gasteiger partial charge in [-0.25, -0.2) is 8.78 Å². The Bertz CT molecular complexity index is 507. The van der Waals surface area contributed by atoms with Crippen molar-refractivity contribution < 1.29 is 18.4 Å². The minimum absolute atomic E-state index is 0.226. The Morgan fingerprint density at radius 2 is 2.30 bits per heavy atom. The van der Waals surface area contributed by atoms with E-state index < -0.39 is 22.2 Å². The monoisotopic (exact) mass is 287 g/mol. The summed E-state index contributed by atoms with van der Waals surface area (Å²) in [7, 11) is 1.48. The van der Waals surface area contributed by atoms with E-state index in [4.69, 9.17) is 4.74 Å². The van der Waals surface area contributed by atoms with E-state index in [-0.39, 0.29) is 18.3 Å². The fourth-order valence-corrected chi connectivity index (χ4v) is 2.17. The number of nitro groups is 1. The third-order valence-corrected chi connectivity index (χ3v) is 3.11. The largest absolute Gasteiger partial charge is 0.374 e. The Labute approximate surface area is 114 Å². The molecule has 0 aromatic heterocycles. The summed E-state index contributed by atoms with van der Waals surface area (Å²) in [6.07, 6.45) is -0.226. The molecule has 1 aromatic rings. The van der Waals surface area contributed by atoms with Crippen molar-refractivity contribution in [2.24, 2.45) is 0 Å². The normalized spacial score (nSPS) is 18.9. The highest BCUT2D eigenvalue weighted by molar-refractivity contribution is 5.64. The van der Waals surface area contributed by atoms with Crippen molar-refractivity contribution in [3.63, 3.8) is 0 Å². The van der Waals surface area contributed by atoms with Crippen molar-refractivity contribution in [3.05, 3.63) is 33.9 Å². The molecule has 0 spiro atoms. The number of nitrogens with zero attached hydrogens (tertiary/aromatic N) is 2. The van der Waals surface area contributed by atoms with Crippen molar-refractivity contribution in [3.8, 4) is 0 Å². The van der Waals surface area contributed by atoms with Gasteiger partial charge in [0.15, 0.2) is 17.3 Å². The average Bonchev–Trinajstić information content (AvgIpc) is 2.42. The SMILES string of the molecule is CN(CC1CNCCO1)c1c([N+](=O)[O-])ccc(F)c1F. The van der Waals surface area contributed by atoms with Gasteiger partial charge in [0, 0.05) is 32.7 Å². The molecule has 0 aliphatic carbocycles. The van der Waals surface area contributed by atoms with Crippen LogP contribution in [0, 0.1) is 21.7 Å². The molecule has 0 saturated carbocycles. The Kier molecular flexibility index (Phi) is 4.46. The first kappa shape index (κ1) is 14.6. The third kappa shape index (κ3) is 3.02. The molecule has 6 nitrogen and oxygen atoms in total. The minimum atomic E-state index is -1.22. The molecule has 1 fully saturated rings. The van der Waals surface area contributed by atoms with E-state index in [9.17, 15) is 18.9 Å². The fraction of sp³-hybridized carbons (Fsp3) is 0.500. The molecule has 1 aromatic carbocycles. The Hall–Kier alpha value is -1.80. The zero-order valence-corrected chi connectivity index (χ0v) is 10.9. The molecule has 1 aliphatic rings. The van der Waals surface area contributed by atoms with Gasteiger partial charge in [0.05, 0.1) is 17.6 Å². The van der Waals surface area contributed by atoms with Crippen LogP contribution in [0.25, 0.3) is 0 Å². The van der Waals surface area contributed by atoms with Crippen molar-refractivity contribution in [1.29, 1.82) is 0 Å². The summed E-state index contributed by atoms with van der Waals surface area (Å²) in [4.78, 5) is 11.5. The van der Waals surface area contributed by atoms with Crippen molar-refractivity contribution in [2.75, 3.05) is 38.2 Å². The van der Waals surface area contributed by atoms with Crippen LogP contribution in [-0.2, 0) is 4.74 Å². The van der Waals surface area contributed by atoms with Crippen LogP contribution in [0.5, 0.6) is 0 Å². The molecule has 20 heavy (non-hydrogen) atoms. The lowest BCUT2D eigenvalue weighted by Gasteiger charge is -2.29. The van der Waals surface area contributed by atoms with Gasteiger partial charge in [0.1, 0.15) is 0 Å². The second kappa shape index (κ2) is 6.10. The molecule has 2 rings (SSSR count). The van der Waals surface area contributed by atoms with Gasteiger partial charge in [-0.05, 0) is 6.07 Å². The predicted molar refractivity (Wildman–Crippen MR) is 68.9 cm³/mol. The zero-order chi connectivity index (χ0) is 14.7. The number of morpholine rings is 1. The van der Waals surface area contributed by atoms with E-state index in [0.717, 1.165) is 18.7 Å². The summed E-state index contributed by atoms with van der Waals surface area (Å²) >= 11 is 0. The van der Waals surface area contributed by atoms with Gasteiger partial charge < -0.3 is 15.0 Å². The molecular weight excluding hydrogens is 272 g/mol. The molecule has 0 radical (unpaired) electrons. The van der Waals surface area contributed by atoms with Crippen LogP contribution in [0.2, 0.25) is 0 Å². The number of hydrogen-bond acceptors (Lipinski definition) is 5. The number of hydrogen-bond donors (Lipinski definition) is 1. The molecule has 110 valence electrons. The number of nitro benzene ring substituents is 1. The van der Waals surface area contributed by atoms with E-state index >= 15 is 0 Å².